The van der Waals surface area contributed by atoms with Crippen molar-refractivity contribution >= 4 is 11.9 Å². The Balaban J connectivity index is 2.13. The van der Waals surface area contributed by atoms with E-state index in [9.17, 15) is 5.11 Å². The SMILES string of the molecule is COc1ccc(O)c(C=NNc2ccc(C)cc2C)c1. The molecule has 4 nitrogen and oxygen atoms in total. The minimum atomic E-state index is 0.164. The monoisotopic (exact) mass is 270 g/mol. The Kier molecular flexibility index (Phi) is 4.25. The van der Waals surface area contributed by atoms with Crippen LogP contribution in [0.25, 0.3) is 0 Å². The highest BCUT2D eigenvalue weighted by molar-refractivity contribution is 5.84. The molecule has 0 saturated carbocycles. The average Bonchev–Trinajstić information content (AvgIpc) is 2.43. The molecule has 0 aliphatic carbocycles. The maximum Gasteiger partial charge on any atom is 0.124 e. The van der Waals surface area contributed by atoms with E-state index < -0.39 is 0 Å². The number of hydrazone groups is 1. The highest BCUT2D eigenvalue weighted by Crippen LogP contribution is 2.21. The summed E-state index contributed by atoms with van der Waals surface area (Å²) in [5.41, 5.74) is 6.84. The van der Waals surface area contributed by atoms with Crippen LogP contribution in [0.4, 0.5) is 5.69 Å². The number of phenolic OH excluding ortho intramolecular Hbond substituents is 1. The number of rotatable bonds is 4. The van der Waals surface area contributed by atoms with Crippen molar-refractivity contribution < 1.29 is 9.84 Å². The van der Waals surface area contributed by atoms with Crippen LogP contribution in [-0.4, -0.2) is 18.4 Å². The second-order valence-corrected chi connectivity index (χ2v) is 4.61. The molecule has 0 aliphatic heterocycles. The number of nitrogens with one attached hydrogen (secondary N) is 1. The number of hydrogen-bond donors (Lipinski definition) is 2. The third-order valence-electron chi connectivity index (χ3n) is 3.01. The van der Waals surface area contributed by atoms with Gasteiger partial charge < -0.3 is 9.84 Å². The summed E-state index contributed by atoms with van der Waals surface area (Å²) in [6, 6.07) is 11.1. The zero-order valence-corrected chi connectivity index (χ0v) is 11.8. The zero-order valence-electron chi connectivity index (χ0n) is 11.8. The Bertz CT molecular complexity index is 636. The Morgan fingerprint density at radius 3 is 2.65 bits per heavy atom. The molecular weight excluding hydrogens is 252 g/mol. The van der Waals surface area contributed by atoms with E-state index in [1.54, 1.807) is 31.5 Å². The fourth-order valence-corrected chi connectivity index (χ4v) is 1.87. The van der Waals surface area contributed by atoms with Crippen molar-refractivity contribution in [2.24, 2.45) is 5.10 Å². The molecule has 0 spiro atoms. The van der Waals surface area contributed by atoms with E-state index in [0.717, 1.165) is 11.3 Å². The van der Waals surface area contributed by atoms with Gasteiger partial charge in [0.2, 0.25) is 0 Å². The van der Waals surface area contributed by atoms with Crippen molar-refractivity contribution in [1.29, 1.82) is 0 Å². The summed E-state index contributed by atoms with van der Waals surface area (Å²) < 4.78 is 5.11. The van der Waals surface area contributed by atoms with Gasteiger partial charge in [0.05, 0.1) is 19.0 Å². The molecule has 0 aliphatic rings. The van der Waals surface area contributed by atoms with Gasteiger partial charge in [-0.15, -0.1) is 0 Å². The Morgan fingerprint density at radius 2 is 1.95 bits per heavy atom. The second-order valence-electron chi connectivity index (χ2n) is 4.61. The molecule has 0 saturated heterocycles. The van der Waals surface area contributed by atoms with E-state index in [1.165, 1.54) is 5.56 Å². The fraction of sp³-hybridized carbons (Fsp3) is 0.188. The van der Waals surface area contributed by atoms with E-state index in [1.807, 2.05) is 26.0 Å². The topological polar surface area (TPSA) is 53.9 Å². The number of ether oxygens (including phenoxy) is 1. The van der Waals surface area contributed by atoms with Crippen molar-refractivity contribution in [1.82, 2.24) is 0 Å². The van der Waals surface area contributed by atoms with Gasteiger partial charge in [0, 0.05) is 5.56 Å². The van der Waals surface area contributed by atoms with Crippen LogP contribution >= 0.6 is 0 Å². The van der Waals surface area contributed by atoms with E-state index in [-0.39, 0.29) is 5.75 Å². The van der Waals surface area contributed by atoms with E-state index in [2.05, 4.69) is 16.6 Å². The Morgan fingerprint density at radius 1 is 1.15 bits per heavy atom. The lowest BCUT2D eigenvalue weighted by molar-refractivity contribution is 0.412. The van der Waals surface area contributed by atoms with Crippen molar-refractivity contribution in [2.45, 2.75) is 13.8 Å². The zero-order chi connectivity index (χ0) is 14.5. The third-order valence-corrected chi connectivity index (χ3v) is 3.01. The van der Waals surface area contributed by atoms with Crippen LogP contribution in [0.15, 0.2) is 41.5 Å². The quantitative estimate of drug-likeness (QED) is 0.660. The second kappa shape index (κ2) is 6.10. The number of methoxy groups -OCH3 is 1. The summed E-state index contributed by atoms with van der Waals surface area (Å²) in [6.45, 7) is 4.07. The van der Waals surface area contributed by atoms with Crippen molar-refractivity contribution in [3.05, 3.63) is 53.1 Å². The lowest BCUT2D eigenvalue weighted by Crippen LogP contribution is -1.94. The summed E-state index contributed by atoms with van der Waals surface area (Å²) in [7, 11) is 1.58. The molecule has 0 amide bonds. The minimum Gasteiger partial charge on any atom is -0.507 e. The number of anilines is 1. The lowest BCUT2D eigenvalue weighted by atomic mass is 10.1. The molecule has 2 N–H and O–H groups in total. The first-order chi connectivity index (χ1) is 9.60. The maximum atomic E-state index is 9.74. The summed E-state index contributed by atoms with van der Waals surface area (Å²) >= 11 is 0. The minimum absolute atomic E-state index is 0.164. The first kappa shape index (κ1) is 13.9. The maximum absolute atomic E-state index is 9.74. The van der Waals surface area contributed by atoms with Crippen LogP contribution in [0.1, 0.15) is 16.7 Å². The van der Waals surface area contributed by atoms with Crippen LogP contribution in [-0.2, 0) is 0 Å². The molecule has 0 fully saturated rings. The Labute approximate surface area is 118 Å². The molecule has 0 atom stereocenters. The van der Waals surface area contributed by atoms with Crippen molar-refractivity contribution in [3.8, 4) is 11.5 Å². The standard InChI is InChI=1S/C16H18N2O2/c1-11-4-6-15(12(2)8-11)18-17-10-13-9-14(20-3)5-7-16(13)19/h4-10,18-19H,1-3H3. The molecule has 0 radical (unpaired) electrons. The molecule has 104 valence electrons. The highest BCUT2D eigenvalue weighted by atomic mass is 16.5. The largest absolute Gasteiger partial charge is 0.507 e. The number of hydrogen-bond acceptors (Lipinski definition) is 4. The lowest BCUT2D eigenvalue weighted by Gasteiger charge is -2.06. The van der Waals surface area contributed by atoms with Crippen LogP contribution in [0.5, 0.6) is 11.5 Å². The number of aryl methyl sites for hydroxylation is 2. The van der Waals surface area contributed by atoms with Crippen molar-refractivity contribution in [2.75, 3.05) is 12.5 Å². The fourth-order valence-electron chi connectivity index (χ4n) is 1.87. The average molecular weight is 270 g/mol. The summed E-state index contributed by atoms with van der Waals surface area (Å²) in [5.74, 6) is 0.841. The van der Waals surface area contributed by atoms with Gasteiger partial charge in [-0.3, -0.25) is 5.43 Å². The summed E-state index contributed by atoms with van der Waals surface area (Å²) in [5, 5.41) is 13.9. The van der Waals surface area contributed by atoms with Crippen LogP contribution < -0.4 is 10.2 Å². The number of aromatic hydroxyl groups is 1. The predicted octanol–water partition coefficient (Wildman–Crippen LogP) is 3.46. The van der Waals surface area contributed by atoms with Crippen LogP contribution in [0, 0.1) is 13.8 Å². The first-order valence-corrected chi connectivity index (χ1v) is 6.33. The number of phenols is 1. The first-order valence-electron chi connectivity index (χ1n) is 6.33. The van der Waals surface area contributed by atoms with Gasteiger partial charge in [0.25, 0.3) is 0 Å². The van der Waals surface area contributed by atoms with Gasteiger partial charge >= 0.3 is 0 Å². The van der Waals surface area contributed by atoms with E-state index in [0.29, 0.717) is 11.3 Å². The molecule has 2 aromatic rings. The van der Waals surface area contributed by atoms with Crippen molar-refractivity contribution in [3.63, 3.8) is 0 Å². The van der Waals surface area contributed by atoms with Gasteiger partial charge in [0.1, 0.15) is 11.5 Å². The smallest absolute Gasteiger partial charge is 0.124 e. The van der Waals surface area contributed by atoms with Gasteiger partial charge in [-0.1, -0.05) is 17.7 Å². The normalized spacial score (nSPS) is 10.8. The molecule has 0 aromatic heterocycles. The summed E-state index contributed by atoms with van der Waals surface area (Å²) in [4.78, 5) is 0. The van der Waals surface area contributed by atoms with E-state index >= 15 is 0 Å². The molecule has 2 aromatic carbocycles. The number of benzene rings is 2. The molecule has 2 rings (SSSR count). The highest BCUT2D eigenvalue weighted by Gasteiger charge is 2.01. The van der Waals surface area contributed by atoms with Gasteiger partial charge in [-0.2, -0.15) is 5.10 Å². The molecule has 0 bridgehead atoms. The molecule has 4 heteroatoms. The molecule has 0 unspecified atom stereocenters. The molecule has 0 heterocycles. The number of nitrogens with zero attached hydrogens (tertiary/aromatic N) is 1. The van der Waals surface area contributed by atoms with Gasteiger partial charge in [0.15, 0.2) is 0 Å². The van der Waals surface area contributed by atoms with Gasteiger partial charge in [-0.25, -0.2) is 0 Å². The Hall–Kier alpha value is -2.49. The van der Waals surface area contributed by atoms with Crippen LogP contribution in [0.2, 0.25) is 0 Å². The predicted molar refractivity (Wildman–Crippen MR) is 81.8 cm³/mol. The summed E-state index contributed by atoms with van der Waals surface area (Å²) in [6.07, 6.45) is 1.57. The van der Waals surface area contributed by atoms with Gasteiger partial charge in [-0.05, 0) is 43.7 Å². The molecular formula is C16H18N2O2. The van der Waals surface area contributed by atoms with Crippen LogP contribution in [0.3, 0.4) is 0 Å². The molecule has 20 heavy (non-hydrogen) atoms. The third kappa shape index (κ3) is 3.29. The van der Waals surface area contributed by atoms with E-state index in [4.69, 9.17) is 4.74 Å².